The first-order valence-electron chi connectivity index (χ1n) is 7.60. The number of halogens is 1. The number of carbonyl (C=O) groups is 1. The van der Waals surface area contributed by atoms with E-state index in [-0.39, 0.29) is 11.3 Å². The third kappa shape index (κ3) is 4.63. The first-order valence-corrected chi connectivity index (χ1v) is 7.98. The lowest BCUT2D eigenvalue weighted by molar-refractivity contribution is -0.384. The summed E-state index contributed by atoms with van der Waals surface area (Å²) in [5, 5.41) is 19.3. The molecule has 1 N–H and O–H groups in total. The number of amides is 1. The Morgan fingerprint density at radius 1 is 1.44 bits per heavy atom. The second kappa shape index (κ2) is 7.89. The van der Waals surface area contributed by atoms with Gasteiger partial charge in [-0.15, -0.1) is 0 Å². The molecule has 8 nitrogen and oxygen atoms in total. The molecule has 0 aliphatic carbocycles. The second-order valence-electron chi connectivity index (χ2n) is 5.87. The molecule has 2 rings (SSSR count). The summed E-state index contributed by atoms with van der Waals surface area (Å²) in [5.41, 5.74) is 3.89. The van der Waals surface area contributed by atoms with Gasteiger partial charge in [0.05, 0.1) is 22.4 Å². The van der Waals surface area contributed by atoms with Gasteiger partial charge in [0.25, 0.3) is 11.6 Å². The van der Waals surface area contributed by atoms with Crippen molar-refractivity contribution >= 4 is 29.4 Å². The van der Waals surface area contributed by atoms with Crippen LogP contribution in [0.15, 0.2) is 29.4 Å². The van der Waals surface area contributed by atoms with Crippen LogP contribution in [0.3, 0.4) is 0 Å². The quantitative estimate of drug-likeness (QED) is 0.483. The highest BCUT2D eigenvalue weighted by Gasteiger charge is 2.13. The molecule has 2 aromatic rings. The normalized spacial score (nSPS) is 11.2. The molecule has 1 aromatic carbocycles. The van der Waals surface area contributed by atoms with Gasteiger partial charge >= 0.3 is 0 Å². The molecule has 0 saturated heterocycles. The van der Waals surface area contributed by atoms with Crippen molar-refractivity contribution in [2.45, 2.75) is 27.3 Å². The average Bonchev–Trinajstić information content (AvgIpc) is 2.81. The van der Waals surface area contributed by atoms with Gasteiger partial charge < -0.3 is 0 Å². The third-order valence-corrected chi connectivity index (χ3v) is 3.75. The Balaban J connectivity index is 2.06. The standard InChI is InChI=1S/C16H18ClN5O3/c1-10(2)9-21-15(17)14(11(3)20-21)8-18-19-16(23)12-4-6-13(7-5-12)22(24)25/h4-8,10H,9H2,1-3H3,(H,19,23)/b18-8-. The number of hydrogen-bond acceptors (Lipinski definition) is 5. The average molecular weight is 364 g/mol. The molecule has 0 saturated carbocycles. The number of rotatable bonds is 6. The molecule has 1 aromatic heterocycles. The zero-order chi connectivity index (χ0) is 18.6. The van der Waals surface area contributed by atoms with Crippen LogP contribution in [-0.2, 0) is 6.54 Å². The van der Waals surface area contributed by atoms with E-state index in [1.807, 2.05) is 6.92 Å². The summed E-state index contributed by atoms with van der Waals surface area (Å²) in [6, 6.07) is 5.24. The molecule has 0 fully saturated rings. The summed E-state index contributed by atoms with van der Waals surface area (Å²) in [6.45, 7) is 6.61. The fraction of sp³-hybridized carbons (Fsp3) is 0.312. The van der Waals surface area contributed by atoms with Crippen molar-refractivity contribution in [2.24, 2.45) is 11.0 Å². The van der Waals surface area contributed by atoms with Crippen LogP contribution in [-0.4, -0.2) is 26.8 Å². The van der Waals surface area contributed by atoms with Gasteiger partial charge in [-0.2, -0.15) is 10.2 Å². The fourth-order valence-electron chi connectivity index (χ4n) is 2.14. The minimum atomic E-state index is -0.528. The summed E-state index contributed by atoms with van der Waals surface area (Å²) in [4.78, 5) is 22.1. The molecule has 0 radical (unpaired) electrons. The summed E-state index contributed by atoms with van der Waals surface area (Å²) in [7, 11) is 0. The van der Waals surface area contributed by atoms with Crippen LogP contribution in [0, 0.1) is 23.0 Å². The molecule has 25 heavy (non-hydrogen) atoms. The smallest absolute Gasteiger partial charge is 0.267 e. The van der Waals surface area contributed by atoms with E-state index in [2.05, 4.69) is 29.5 Å². The molecule has 132 valence electrons. The maximum Gasteiger partial charge on any atom is 0.271 e. The van der Waals surface area contributed by atoms with E-state index in [4.69, 9.17) is 11.6 Å². The highest BCUT2D eigenvalue weighted by Crippen LogP contribution is 2.19. The number of nitrogens with zero attached hydrogens (tertiary/aromatic N) is 4. The van der Waals surface area contributed by atoms with Gasteiger partial charge in [-0.3, -0.25) is 19.6 Å². The van der Waals surface area contributed by atoms with Crippen molar-refractivity contribution in [1.29, 1.82) is 0 Å². The van der Waals surface area contributed by atoms with Gasteiger partial charge in [0.15, 0.2) is 0 Å². The van der Waals surface area contributed by atoms with Crippen LogP contribution in [0.5, 0.6) is 0 Å². The lowest BCUT2D eigenvalue weighted by atomic mass is 10.2. The largest absolute Gasteiger partial charge is 0.271 e. The first-order chi connectivity index (χ1) is 11.8. The van der Waals surface area contributed by atoms with E-state index < -0.39 is 10.8 Å². The molecule has 0 atom stereocenters. The molecule has 0 bridgehead atoms. The predicted octanol–water partition coefficient (Wildman–Crippen LogP) is 3.17. The number of nitro groups is 1. The summed E-state index contributed by atoms with van der Waals surface area (Å²) >= 11 is 6.29. The van der Waals surface area contributed by atoms with E-state index in [1.165, 1.54) is 30.5 Å². The Morgan fingerprint density at radius 2 is 2.08 bits per heavy atom. The van der Waals surface area contributed by atoms with Crippen LogP contribution in [0.25, 0.3) is 0 Å². The van der Waals surface area contributed by atoms with Crippen molar-refractivity contribution in [3.8, 4) is 0 Å². The third-order valence-electron chi connectivity index (χ3n) is 3.35. The predicted molar refractivity (Wildman–Crippen MR) is 95.0 cm³/mol. The highest BCUT2D eigenvalue weighted by molar-refractivity contribution is 6.32. The first kappa shape index (κ1) is 18.6. The maximum absolute atomic E-state index is 12.0. The number of nitrogens with one attached hydrogen (secondary N) is 1. The number of carbonyl (C=O) groups excluding carboxylic acids is 1. The number of nitro benzene ring substituents is 1. The van der Waals surface area contributed by atoms with E-state index in [9.17, 15) is 14.9 Å². The van der Waals surface area contributed by atoms with E-state index in [1.54, 1.807) is 4.68 Å². The lowest BCUT2D eigenvalue weighted by Gasteiger charge is -2.05. The molecule has 1 heterocycles. The van der Waals surface area contributed by atoms with Crippen molar-refractivity contribution in [3.63, 3.8) is 0 Å². The topological polar surface area (TPSA) is 102 Å². The second-order valence-corrected chi connectivity index (χ2v) is 6.23. The van der Waals surface area contributed by atoms with Crippen molar-refractivity contribution in [1.82, 2.24) is 15.2 Å². The Labute approximate surface area is 149 Å². The van der Waals surface area contributed by atoms with Crippen LogP contribution < -0.4 is 5.43 Å². The molecule has 9 heteroatoms. The van der Waals surface area contributed by atoms with Gasteiger partial charge in [0, 0.05) is 24.2 Å². The number of benzene rings is 1. The molecule has 0 spiro atoms. The summed E-state index contributed by atoms with van der Waals surface area (Å²) < 4.78 is 1.70. The lowest BCUT2D eigenvalue weighted by Crippen LogP contribution is -2.17. The van der Waals surface area contributed by atoms with Crippen LogP contribution >= 0.6 is 11.6 Å². The number of hydrogen-bond donors (Lipinski definition) is 1. The molecular weight excluding hydrogens is 346 g/mol. The molecule has 0 unspecified atom stereocenters. The Morgan fingerprint density at radius 3 is 2.64 bits per heavy atom. The van der Waals surface area contributed by atoms with E-state index in [0.717, 1.165) is 0 Å². The fourth-order valence-corrected chi connectivity index (χ4v) is 2.43. The molecular formula is C16H18ClN5O3. The van der Waals surface area contributed by atoms with E-state index in [0.29, 0.717) is 28.9 Å². The summed E-state index contributed by atoms with van der Waals surface area (Å²) in [6.07, 6.45) is 1.44. The van der Waals surface area contributed by atoms with Crippen molar-refractivity contribution in [3.05, 3.63) is 56.4 Å². The van der Waals surface area contributed by atoms with Gasteiger partial charge in [0.1, 0.15) is 5.15 Å². The van der Waals surface area contributed by atoms with Gasteiger partial charge in [0.2, 0.25) is 0 Å². The molecule has 0 aliphatic heterocycles. The number of aromatic nitrogens is 2. The minimum absolute atomic E-state index is 0.0833. The Bertz CT molecular complexity index is 812. The van der Waals surface area contributed by atoms with Crippen LogP contribution in [0.4, 0.5) is 5.69 Å². The summed E-state index contributed by atoms with van der Waals surface area (Å²) in [5.74, 6) is -0.0853. The highest BCUT2D eigenvalue weighted by atomic mass is 35.5. The number of non-ortho nitro benzene ring substituents is 1. The zero-order valence-electron chi connectivity index (χ0n) is 14.1. The number of hydrazone groups is 1. The minimum Gasteiger partial charge on any atom is -0.267 e. The van der Waals surface area contributed by atoms with E-state index >= 15 is 0 Å². The van der Waals surface area contributed by atoms with Gasteiger partial charge in [-0.25, -0.2) is 5.43 Å². The van der Waals surface area contributed by atoms with Crippen LogP contribution in [0.2, 0.25) is 5.15 Å². The monoisotopic (exact) mass is 363 g/mol. The molecule has 1 amide bonds. The van der Waals surface area contributed by atoms with Gasteiger partial charge in [-0.1, -0.05) is 25.4 Å². The SMILES string of the molecule is Cc1nn(CC(C)C)c(Cl)c1/C=N\NC(=O)c1ccc([N+](=O)[O-])cc1. The van der Waals surface area contributed by atoms with Crippen molar-refractivity contribution in [2.75, 3.05) is 0 Å². The zero-order valence-corrected chi connectivity index (χ0v) is 14.8. The van der Waals surface area contributed by atoms with Crippen LogP contribution in [0.1, 0.15) is 35.5 Å². The van der Waals surface area contributed by atoms with Gasteiger partial charge in [-0.05, 0) is 25.0 Å². The molecule has 0 aliphatic rings. The Hall–Kier alpha value is -2.74. The Kier molecular flexibility index (Phi) is 5.87. The van der Waals surface area contributed by atoms with Crippen molar-refractivity contribution < 1.29 is 9.72 Å². The number of aryl methyl sites for hydroxylation is 1. The maximum atomic E-state index is 12.0.